The fraction of sp³-hybridized carbons (Fsp3) is 0.176. The molecule has 0 aliphatic heterocycles. The van der Waals surface area contributed by atoms with Crippen LogP contribution in [0.5, 0.6) is 0 Å². The average molecular weight is 391 g/mol. The van der Waals surface area contributed by atoms with Crippen molar-refractivity contribution in [2.75, 3.05) is 10.6 Å². The van der Waals surface area contributed by atoms with Crippen molar-refractivity contribution in [2.24, 2.45) is 5.92 Å². The van der Waals surface area contributed by atoms with Gasteiger partial charge >= 0.3 is 0 Å². The van der Waals surface area contributed by atoms with E-state index in [9.17, 15) is 9.59 Å². The maximum atomic E-state index is 11.9. The molecule has 0 atom stereocenters. The van der Waals surface area contributed by atoms with E-state index >= 15 is 0 Å². The number of carbonyl (C=O) groups excluding carboxylic acids is 2. The Kier molecular flexibility index (Phi) is 4.93. The summed E-state index contributed by atoms with van der Waals surface area (Å²) in [6.07, 6.45) is 5.23. The minimum atomic E-state index is -0.190. The van der Waals surface area contributed by atoms with E-state index in [-0.39, 0.29) is 17.7 Å². The molecule has 2 N–H and O–H groups in total. The molecule has 0 saturated heterocycles. The van der Waals surface area contributed by atoms with Gasteiger partial charge in [0.05, 0.1) is 3.79 Å². The predicted molar refractivity (Wildman–Crippen MR) is 97.5 cm³/mol. The van der Waals surface area contributed by atoms with E-state index in [4.69, 9.17) is 0 Å². The van der Waals surface area contributed by atoms with Gasteiger partial charge in [-0.15, -0.1) is 11.3 Å². The van der Waals surface area contributed by atoms with Gasteiger partial charge in [-0.3, -0.25) is 9.59 Å². The van der Waals surface area contributed by atoms with Gasteiger partial charge in [-0.25, -0.2) is 0 Å². The van der Waals surface area contributed by atoms with Crippen LogP contribution in [0.15, 0.2) is 46.3 Å². The molecule has 0 bridgehead atoms. The van der Waals surface area contributed by atoms with Crippen LogP contribution in [-0.2, 0) is 9.59 Å². The van der Waals surface area contributed by atoms with Crippen LogP contribution in [0.25, 0.3) is 6.08 Å². The van der Waals surface area contributed by atoms with Crippen molar-refractivity contribution >= 4 is 56.5 Å². The molecule has 1 heterocycles. The van der Waals surface area contributed by atoms with Crippen molar-refractivity contribution < 1.29 is 9.59 Å². The molecule has 2 amide bonds. The fourth-order valence-electron chi connectivity index (χ4n) is 1.99. The fourth-order valence-corrected chi connectivity index (χ4v) is 3.31. The first-order valence-electron chi connectivity index (χ1n) is 7.25. The van der Waals surface area contributed by atoms with Crippen LogP contribution in [0.3, 0.4) is 0 Å². The van der Waals surface area contributed by atoms with Crippen LogP contribution in [0.1, 0.15) is 17.7 Å². The van der Waals surface area contributed by atoms with Crippen molar-refractivity contribution in [3.8, 4) is 0 Å². The van der Waals surface area contributed by atoms with E-state index in [1.165, 1.54) is 6.08 Å². The molecule has 6 heteroatoms. The van der Waals surface area contributed by atoms with Gasteiger partial charge < -0.3 is 10.6 Å². The molecule has 118 valence electrons. The molecule has 1 aliphatic carbocycles. The maximum absolute atomic E-state index is 11.9. The minimum Gasteiger partial charge on any atom is -0.326 e. The van der Waals surface area contributed by atoms with Gasteiger partial charge in [0.15, 0.2) is 0 Å². The Morgan fingerprint density at radius 1 is 1.04 bits per heavy atom. The lowest BCUT2D eigenvalue weighted by molar-refractivity contribution is -0.117. The highest BCUT2D eigenvalue weighted by atomic mass is 79.9. The van der Waals surface area contributed by atoms with Gasteiger partial charge in [-0.05, 0) is 71.2 Å². The standard InChI is InChI=1S/C17H15BrN2O2S/c18-15-9-7-14(23-15)8-10-16(21)19-12-3-5-13(6-4-12)20-17(22)11-1-2-11/h3-11H,1-2H2,(H,19,21)(H,20,22)/b10-8+. The van der Waals surface area contributed by atoms with Gasteiger partial charge in [-0.2, -0.15) is 0 Å². The third kappa shape index (κ3) is 4.77. The minimum absolute atomic E-state index is 0.0758. The number of nitrogens with one attached hydrogen (secondary N) is 2. The summed E-state index contributed by atoms with van der Waals surface area (Å²) in [6, 6.07) is 11.0. The summed E-state index contributed by atoms with van der Waals surface area (Å²) in [5.74, 6) is 0.0629. The lowest BCUT2D eigenvalue weighted by atomic mass is 10.2. The van der Waals surface area contributed by atoms with Gasteiger partial charge in [0.2, 0.25) is 11.8 Å². The third-order valence-electron chi connectivity index (χ3n) is 3.36. The normalized spacial score (nSPS) is 14.0. The number of anilines is 2. The second kappa shape index (κ2) is 7.10. The van der Waals surface area contributed by atoms with Crippen molar-refractivity contribution in [2.45, 2.75) is 12.8 Å². The van der Waals surface area contributed by atoms with E-state index < -0.39 is 0 Å². The van der Waals surface area contributed by atoms with E-state index in [0.29, 0.717) is 5.69 Å². The first kappa shape index (κ1) is 16.0. The Labute approximate surface area is 146 Å². The quantitative estimate of drug-likeness (QED) is 0.737. The molecule has 1 aromatic carbocycles. The Balaban J connectivity index is 1.53. The SMILES string of the molecule is O=C(/C=C/c1ccc(Br)s1)Nc1ccc(NC(=O)C2CC2)cc1. The molecule has 3 rings (SSSR count). The number of benzene rings is 1. The lowest BCUT2D eigenvalue weighted by Gasteiger charge is -2.06. The van der Waals surface area contributed by atoms with E-state index in [2.05, 4.69) is 26.6 Å². The molecular formula is C17H15BrN2O2S. The van der Waals surface area contributed by atoms with Gasteiger partial charge in [0.25, 0.3) is 0 Å². The molecule has 1 fully saturated rings. The highest BCUT2D eigenvalue weighted by Gasteiger charge is 2.29. The maximum Gasteiger partial charge on any atom is 0.248 e. The molecule has 0 unspecified atom stereocenters. The average Bonchev–Trinajstić information content (AvgIpc) is 3.30. The zero-order valence-corrected chi connectivity index (χ0v) is 14.6. The summed E-state index contributed by atoms with van der Waals surface area (Å²) < 4.78 is 1.03. The number of hydrogen-bond acceptors (Lipinski definition) is 3. The first-order chi connectivity index (χ1) is 11.1. The zero-order valence-electron chi connectivity index (χ0n) is 12.2. The molecule has 0 radical (unpaired) electrons. The van der Waals surface area contributed by atoms with E-state index in [1.807, 2.05) is 12.1 Å². The third-order valence-corrected chi connectivity index (χ3v) is 4.95. The monoisotopic (exact) mass is 390 g/mol. The number of rotatable bonds is 5. The number of hydrogen-bond donors (Lipinski definition) is 2. The molecule has 1 aliphatic rings. The number of halogens is 1. The summed E-state index contributed by atoms with van der Waals surface area (Å²) >= 11 is 4.94. The molecule has 1 aromatic heterocycles. The Morgan fingerprint density at radius 2 is 1.70 bits per heavy atom. The highest BCUT2D eigenvalue weighted by Crippen LogP contribution is 2.30. The van der Waals surface area contributed by atoms with Crippen molar-refractivity contribution in [3.05, 3.63) is 51.1 Å². The molecule has 2 aromatic rings. The molecule has 1 saturated carbocycles. The van der Waals surface area contributed by atoms with Crippen LogP contribution in [0.2, 0.25) is 0 Å². The second-order valence-corrected chi connectivity index (χ2v) is 7.80. The Bertz CT molecular complexity index is 748. The largest absolute Gasteiger partial charge is 0.326 e. The smallest absolute Gasteiger partial charge is 0.248 e. The molecule has 23 heavy (non-hydrogen) atoms. The Hall–Kier alpha value is -1.92. The van der Waals surface area contributed by atoms with Crippen molar-refractivity contribution in [1.82, 2.24) is 0 Å². The summed E-state index contributed by atoms with van der Waals surface area (Å²) in [7, 11) is 0. The summed E-state index contributed by atoms with van der Waals surface area (Å²) in [5, 5.41) is 5.65. The lowest BCUT2D eigenvalue weighted by Crippen LogP contribution is -2.13. The van der Waals surface area contributed by atoms with Gasteiger partial charge in [0.1, 0.15) is 0 Å². The van der Waals surface area contributed by atoms with Crippen molar-refractivity contribution in [3.63, 3.8) is 0 Å². The number of amides is 2. The zero-order chi connectivity index (χ0) is 16.2. The van der Waals surface area contributed by atoms with E-state index in [1.54, 1.807) is 41.7 Å². The molecule has 0 spiro atoms. The van der Waals surface area contributed by atoms with Gasteiger partial charge in [-0.1, -0.05) is 0 Å². The summed E-state index contributed by atoms with van der Waals surface area (Å²) in [4.78, 5) is 24.5. The Morgan fingerprint density at radius 3 is 2.26 bits per heavy atom. The van der Waals surface area contributed by atoms with E-state index in [0.717, 1.165) is 27.2 Å². The molecule has 4 nitrogen and oxygen atoms in total. The topological polar surface area (TPSA) is 58.2 Å². The van der Waals surface area contributed by atoms with Crippen LogP contribution in [0.4, 0.5) is 11.4 Å². The number of carbonyl (C=O) groups is 2. The summed E-state index contributed by atoms with van der Waals surface area (Å²) in [6.45, 7) is 0. The van der Waals surface area contributed by atoms with Gasteiger partial charge in [0, 0.05) is 28.2 Å². The second-order valence-electron chi connectivity index (χ2n) is 5.31. The van der Waals surface area contributed by atoms with Crippen LogP contribution in [0, 0.1) is 5.92 Å². The summed E-state index contributed by atoms with van der Waals surface area (Å²) in [5.41, 5.74) is 1.44. The van der Waals surface area contributed by atoms with Crippen LogP contribution in [-0.4, -0.2) is 11.8 Å². The van der Waals surface area contributed by atoms with Crippen LogP contribution < -0.4 is 10.6 Å². The first-order valence-corrected chi connectivity index (χ1v) is 8.86. The van der Waals surface area contributed by atoms with Crippen molar-refractivity contribution in [1.29, 1.82) is 0 Å². The van der Waals surface area contributed by atoms with Crippen LogP contribution >= 0.6 is 27.3 Å². The number of thiophene rings is 1. The molecular weight excluding hydrogens is 376 g/mol. The predicted octanol–water partition coefficient (Wildman–Crippen LogP) is 4.51. The highest BCUT2D eigenvalue weighted by molar-refractivity contribution is 9.11.